The van der Waals surface area contributed by atoms with E-state index in [0.717, 1.165) is 29.5 Å². The van der Waals surface area contributed by atoms with Crippen LogP contribution < -0.4 is 0 Å². The molecule has 0 saturated carbocycles. The van der Waals surface area contributed by atoms with Crippen LogP contribution in [0.15, 0.2) is 11.3 Å². The largest absolute Gasteiger partial charge is 0.543 e. The molecule has 0 heterocycles. The van der Waals surface area contributed by atoms with Crippen LogP contribution in [0.1, 0.15) is 34.6 Å². The van der Waals surface area contributed by atoms with Crippen molar-refractivity contribution >= 4 is 8.32 Å². The van der Waals surface area contributed by atoms with Crippen molar-refractivity contribution in [2.75, 3.05) is 14.2 Å². The van der Waals surface area contributed by atoms with E-state index in [-0.39, 0.29) is 6.29 Å². The van der Waals surface area contributed by atoms with E-state index in [0.29, 0.717) is 0 Å². The van der Waals surface area contributed by atoms with Crippen molar-refractivity contribution < 1.29 is 13.9 Å². The van der Waals surface area contributed by atoms with Crippen LogP contribution in [0.4, 0.5) is 0 Å². The van der Waals surface area contributed by atoms with E-state index in [1.165, 1.54) is 0 Å². The fourth-order valence-corrected chi connectivity index (χ4v) is 4.60. The van der Waals surface area contributed by atoms with E-state index in [2.05, 4.69) is 20.8 Å². The molecule has 0 spiro atoms. The van der Waals surface area contributed by atoms with Crippen LogP contribution in [0.5, 0.6) is 0 Å². The Bertz CT molecular complexity index is 231. The van der Waals surface area contributed by atoms with Crippen LogP contribution in [-0.2, 0) is 13.9 Å². The molecule has 0 aromatic carbocycles. The summed E-state index contributed by atoms with van der Waals surface area (Å²) in [7, 11) is 1.64. The molecule has 0 amide bonds. The number of allylic oxidation sites excluding steroid dienone is 1. The summed E-state index contributed by atoms with van der Waals surface area (Å²) in [5, 5.41) is 0. The van der Waals surface area contributed by atoms with E-state index in [1.54, 1.807) is 14.2 Å². The Labute approximate surface area is 107 Å². The molecule has 0 radical (unpaired) electrons. The Kier molecular flexibility index (Phi) is 7.75. The van der Waals surface area contributed by atoms with Gasteiger partial charge in [0.25, 0.3) is 0 Å². The minimum atomic E-state index is -1.66. The molecule has 17 heavy (non-hydrogen) atoms. The van der Waals surface area contributed by atoms with Gasteiger partial charge in [-0.25, -0.2) is 0 Å². The summed E-state index contributed by atoms with van der Waals surface area (Å²) in [6, 6.07) is 3.37. The van der Waals surface area contributed by atoms with Gasteiger partial charge in [-0.15, -0.1) is 0 Å². The summed E-state index contributed by atoms with van der Waals surface area (Å²) in [6.45, 7) is 10.7. The predicted octanol–water partition coefficient (Wildman–Crippen LogP) is 3.92. The minimum Gasteiger partial charge on any atom is -0.543 e. The second kappa shape index (κ2) is 7.90. The molecule has 0 aliphatic carbocycles. The van der Waals surface area contributed by atoms with Gasteiger partial charge in [-0.3, -0.25) is 0 Å². The zero-order valence-electron chi connectivity index (χ0n) is 12.4. The number of hydrogen-bond acceptors (Lipinski definition) is 3. The maximum atomic E-state index is 6.36. The first-order valence-electron chi connectivity index (χ1n) is 6.42. The zero-order valence-corrected chi connectivity index (χ0v) is 13.4. The summed E-state index contributed by atoms with van der Waals surface area (Å²) in [6.07, 6.45) is -0.378. The normalized spacial score (nSPS) is 11.8. The summed E-state index contributed by atoms with van der Waals surface area (Å²) >= 11 is 0. The van der Waals surface area contributed by atoms with Crippen LogP contribution >= 0.6 is 0 Å². The fourth-order valence-electron chi connectivity index (χ4n) is 1.90. The highest BCUT2D eigenvalue weighted by Gasteiger charge is 2.33. The van der Waals surface area contributed by atoms with Gasteiger partial charge in [-0.1, -0.05) is 20.8 Å². The predicted molar refractivity (Wildman–Crippen MR) is 74.5 cm³/mol. The van der Waals surface area contributed by atoms with E-state index in [9.17, 15) is 0 Å². The molecule has 0 saturated heterocycles. The molecule has 3 nitrogen and oxygen atoms in total. The lowest BCUT2D eigenvalue weighted by molar-refractivity contribution is -0.0952. The lowest BCUT2D eigenvalue weighted by atomic mass is 10.3. The Morgan fingerprint density at radius 2 is 1.35 bits per heavy atom. The van der Waals surface area contributed by atoms with Crippen molar-refractivity contribution in [2.24, 2.45) is 0 Å². The lowest BCUT2D eigenvalue weighted by Crippen LogP contribution is -2.38. The van der Waals surface area contributed by atoms with Gasteiger partial charge < -0.3 is 13.9 Å². The van der Waals surface area contributed by atoms with Gasteiger partial charge in [-0.05, 0) is 37.6 Å². The number of ether oxygens (including phenoxy) is 2. The van der Waals surface area contributed by atoms with E-state index in [1.807, 2.05) is 13.8 Å². The number of methoxy groups -OCH3 is 2. The molecule has 0 aromatic rings. The molecule has 0 bridgehead atoms. The van der Waals surface area contributed by atoms with Crippen LogP contribution in [0.25, 0.3) is 0 Å². The Hall–Kier alpha value is -0.323. The van der Waals surface area contributed by atoms with Crippen LogP contribution in [-0.4, -0.2) is 28.8 Å². The second-order valence-electron chi connectivity index (χ2n) is 4.51. The Morgan fingerprint density at radius 3 is 1.59 bits per heavy atom. The molecule has 0 unspecified atom stereocenters. The van der Waals surface area contributed by atoms with Crippen LogP contribution in [0.2, 0.25) is 18.1 Å². The van der Waals surface area contributed by atoms with Crippen molar-refractivity contribution in [1.82, 2.24) is 0 Å². The molecule has 0 aliphatic rings. The molecule has 0 rings (SSSR count). The quantitative estimate of drug-likeness (QED) is 0.376. The van der Waals surface area contributed by atoms with Crippen molar-refractivity contribution in [3.05, 3.63) is 11.3 Å². The fraction of sp³-hybridized carbons (Fsp3) is 0.846. The molecule has 0 atom stereocenters. The van der Waals surface area contributed by atoms with Gasteiger partial charge in [0.15, 0.2) is 0 Å². The second-order valence-corrected chi connectivity index (χ2v) is 9.20. The lowest BCUT2D eigenvalue weighted by Gasteiger charge is -2.33. The van der Waals surface area contributed by atoms with E-state index < -0.39 is 8.32 Å². The van der Waals surface area contributed by atoms with Gasteiger partial charge in [0.1, 0.15) is 5.76 Å². The van der Waals surface area contributed by atoms with E-state index in [4.69, 9.17) is 13.9 Å². The molecule has 0 aromatic heterocycles. The molecule has 0 fully saturated rings. The first kappa shape index (κ1) is 16.7. The summed E-state index contributed by atoms with van der Waals surface area (Å²) in [5.41, 5.74) is 1.13. The molecular formula is C13H28O3Si. The first-order chi connectivity index (χ1) is 8.00. The Balaban J connectivity index is 5.06. The van der Waals surface area contributed by atoms with Crippen LogP contribution in [0.3, 0.4) is 0 Å². The van der Waals surface area contributed by atoms with Crippen LogP contribution in [0, 0.1) is 0 Å². The van der Waals surface area contributed by atoms with Gasteiger partial charge in [0, 0.05) is 14.2 Å². The summed E-state index contributed by atoms with van der Waals surface area (Å²) in [5.74, 6) is 0.868. The van der Waals surface area contributed by atoms with Crippen molar-refractivity contribution in [2.45, 2.75) is 59.0 Å². The number of hydrogen-bond donors (Lipinski definition) is 0. The molecule has 0 aliphatic heterocycles. The third kappa shape index (κ3) is 4.45. The van der Waals surface area contributed by atoms with Gasteiger partial charge in [0.05, 0.1) is 0 Å². The monoisotopic (exact) mass is 260 g/mol. The van der Waals surface area contributed by atoms with Crippen molar-refractivity contribution in [3.8, 4) is 0 Å². The molecule has 102 valence electrons. The maximum Gasteiger partial charge on any atom is 0.250 e. The summed E-state index contributed by atoms with van der Waals surface area (Å²) < 4.78 is 17.0. The highest BCUT2D eigenvalue weighted by molar-refractivity contribution is 6.73. The number of rotatable bonds is 8. The summed E-state index contributed by atoms with van der Waals surface area (Å²) in [4.78, 5) is 0. The molecule has 0 N–H and O–H groups in total. The third-order valence-corrected chi connectivity index (χ3v) is 7.91. The van der Waals surface area contributed by atoms with Crippen molar-refractivity contribution in [1.29, 1.82) is 0 Å². The zero-order chi connectivity index (χ0) is 13.5. The third-order valence-electron chi connectivity index (χ3n) is 3.39. The topological polar surface area (TPSA) is 27.7 Å². The Morgan fingerprint density at radius 1 is 0.941 bits per heavy atom. The van der Waals surface area contributed by atoms with Gasteiger partial charge >= 0.3 is 0 Å². The standard InChI is InChI=1S/C13H28O3Si/c1-8-17(9-2,10-3)16-12(11(4)5)13(14-6)15-7/h13H,8-10H2,1-7H3. The van der Waals surface area contributed by atoms with Gasteiger partial charge in [-0.2, -0.15) is 0 Å². The average molecular weight is 260 g/mol. The first-order valence-corrected chi connectivity index (χ1v) is 8.95. The highest BCUT2D eigenvalue weighted by Crippen LogP contribution is 2.28. The highest BCUT2D eigenvalue weighted by atomic mass is 28.4. The van der Waals surface area contributed by atoms with E-state index >= 15 is 0 Å². The minimum absolute atomic E-state index is 0.378. The average Bonchev–Trinajstić information content (AvgIpc) is 2.35. The van der Waals surface area contributed by atoms with Crippen molar-refractivity contribution in [3.63, 3.8) is 0 Å². The molecule has 4 heteroatoms. The smallest absolute Gasteiger partial charge is 0.250 e. The maximum absolute atomic E-state index is 6.36. The van der Waals surface area contributed by atoms with Gasteiger partial charge in [0.2, 0.25) is 14.6 Å². The molecular weight excluding hydrogens is 232 g/mol. The SMILES string of the molecule is CC[Si](CC)(CC)OC(=C(C)C)C(OC)OC.